The number of nitrogens with zero attached hydrogens (tertiary/aromatic N) is 3. The third-order valence-corrected chi connectivity index (χ3v) is 3.55. The Morgan fingerprint density at radius 1 is 1.56 bits per heavy atom. The lowest BCUT2D eigenvalue weighted by Gasteiger charge is -2.27. The van der Waals surface area contributed by atoms with Gasteiger partial charge in [0, 0.05) is 24.5 Å². The van der Waals surface area contributed by atoms with Crippen LogP contribution >= 0.6 is 11.3 Å². The van der Waals surface area contributed by atoms with Crippen LogP contribution in [0.15, 0.2) is 10.9 Å². The third-order valence-electron chi connectivity index (χ3n) is 2.96. The van der Waals surface area contributed by atoms with Gasteiger partial charge in [0.15, 0.2) is 0 Å². The molecule has 88 valence electrons. The fourth-order valence-corrected chi connectivity index (χ4v) is 2.67. The number of rotatable bonds is 1. The summed E-state index contributed by atoms with van der Waals surface area (Å²) in [5.41, 5.74) is 2.29. The summed E-state index contributed by atoms with van der Waals surface area (Å²) < 4.78 is 0. The van der Waals surface area contributed by atoms with Crippen molar-refractivity contribution >= 4 is 17.2 Å². The number of carbonyl (C=O) groups excluding carboxylic acids is 1. The summed E-state index contributed by atoms with van der Waals surface area (Å²) in [4.78, 5) is 20.5. The monoisotopic (exact) mass is 239 g/mol. The molecule has 16 heavy (non-hydrogen) atoms. The lowest BCUT2D eigenvalue weighted by atomic mass is 10.2. The van der Waals surface area contributed by atoms with E-state index >= 15 is 0 Å². The molecule has 0 spiro atoms. The van der Waals surface area contributed by atoms with Crippen LogP contribution in [0.3, 0.4) is 0 Å². The molecule has 2 rings (SSSR count). The summed E-state index contributed by atoms with van der Waals surface area (Å²) in [5.74, 6) is 0.0732. The normalized spacial score (nSPS) is 23.1. The Hall–Kier alpha value is -0.940. The van der Waals surface area contributed by atoms with Crippen molar-refractivity contribution in [3.63, 3.8) is 0 Å². The van der Waals surface area contributed by atoms with E-state index in [9.17, 15) is 4.79 Å². The summed E-state index contributed by atoms with van der Waals surface area (Å²) in [6.07, 6.45) is 1.04. The average Bonchev–Trinajstić information content (AvgIpc) is 2.71. The van der Waals surface area contributed by atoms with Crippen LogP contribution < -0.4 is 0 Å². The summed E-state index contributed by atoms with van der Waals surface area (Å²) in [7, 11) is 2.10. The first-order chi connectivity index (χ1) is 7.68. The maximum atomic E-state index is 12.2. The molecule has 0 bridgehead atoms. The number of amides is 1. The molecule has 5 heteroatoms. The Balaban J connectivity index is 2.10. The van der Waals surface area contributed by atoms with Crippen molar-refractivity contribution in [2.24, 2.45) is 0 Å². The minimum absolute atomic E-state index is 0.0732. The highest BCUT2D eigenvalue weighted by Crippen LogP contribution is 2.13. The van der Waals surface area contributed by atoms with Gasteiger partial charge in [-0.1, -0.05) is 0 Å². The topological polar surface area (TPSA) is 36.4 Å². The highest BCUT2D eigenvalue weighted by Gasteiger charge is 2.25. The van der Waals surface area contributed by atoms with Crippen molar-refractivity contribution in [1.82, 2.24) is 14.8 Å². The van der Waals surface area contributed by atoms with Crippen LogP contribution in [0, 0.1) is 0 Å². The lowest BCUT2D eigenvalue weighted by molar-refractivity contribution is 0.0691. The molecule has 1 aromatic rings. The van der Waals surface area contributed by atoms with E-state index in [0.29, 0.717) is 5.69 Å². The molecule has 1 aliphatic rings. The summed E-state index contributed by atoms with van der Waals surface area (Å²) in [6, 6.07) is 0.265. The van der Waals surface area contributed by atoms with Gasteiger partial charge in [0.2, 0.25) is 0 Å². The van der Waals surface area contributed by atoms with Crippen LogP contribution in [0.25, 0.3) is 0 Å². The molecule has 1 aromatic heterocycles. The zero-order valence-corrected chi connectivity index (χ0v) is 10.5. The summed E-state index contributed by atoms with van der Waals surface area (Å²) in [5, 5.41) is 1.82. The van der Waals surface area contributed by atoms with Gasteiger partial charge < -0.3 is 9.80 Å². The molecule has 0 radical (unpaired) electrons. The summed E-state index contributed by atoms with van der Waals surface area (Å²) >= 11 is 1.47. The molecule has 0 N–H and O–H groups in total. The quantitative estimate of drug-likeness (QED) is 0.741. The zero-order chi connectivity index (χ0) is 11.5. The number of hydrogen-bond acceptors (Lipinski definition) is 4. The molecule has 2 heterocycles. The predicted molar refractivity (Wildman–Crippen MR) is 64.7 cm³/mol. The van der Waals surface area contributed by atoms with E-state index in [0.717, 1.165) is 26.1 Å². The Morgan fingerprint density at radius 3 is 3.06 bits per heavy atom. The number of thiazole rings is 1. The van der Waals surface area contributed by atoms with Crippen LogP contribution in [0.1, 0.15) is 23.8 Å². The van der Waals surface area contributed by atoms with Crippen LogP contribution in [-0.2, 0) is 0 Å². The van der Waals surface area contributed by atoms with Gasteiger partial charge in [-0.3, -0.25) is 4.79 Å². The summed E-state index contributed by atoms with van der Waals surface area (Å²) in [6.45, 7) is 4.94. The van der Waals surface area contributed by atoms with E-state index in [1.54, 1.807) is 5.51 Å². The average molecular weight is 239 g/mol. The molecule has 4 nitrogen and oxygen atoms in total. The zero-order valence-electron chi connectivity index (χ0n) is 9.72. The molecule has 0 aliphatic carbocycles. The van der Waals surface area contributed by atoms with Crippen molar-refractivity contribution in [3.05, 3.63) is 16.6 Å². The van der Waals surface area contributed by atoms with Gasteiger partial charge >= 0.3 is 0 Å². The number of carbonyl (C=O) groups is 1. The largest absolute Gasteiger partial charge is 0.333 e. The number of hydrogen-bond donors (Lipinski definition) is 0. The smallest absolute Gasteiger partial charge is 0.273 e. The molecule has 1 aliphatic heterocycles. The van der Waals surface area contributed by atoms with Gasteiger partial charge in [0.1, 0.15) is 5.69 Å². The Kier molecular flexibility index (Phi) is 3.56. The predicted octanol–water partition coefficient (Wildman–Crippen LogP) is 1.31. The number of aromatic nitrogens is 1. The second-order valence-corrected chi connectivity index (χ2v) is 5.06. The van der Waals surface area contributed by atoms with Crippen molar-refractivity contribution in [1.29, 1.82) is 0 Å². The molecule has 1 atom stereocenters. The van der Waals surface area contributed by atoms with Crippen molar-refractivity contribution < 1.29 is 4.79 Å². The van der Waals surface area contributed by atoms with Gasteiger partial charge in [-0.15, -0.1) is 11.3 Å². The minimum atomic E-state index is 0.0732. The maximum Gasteiger partial charge on any atom is 0.273 e. The van der Waals surface area contributed by atoms with E-state index in [-0.39, 0.29) is 11.9 Å². The first kappa shape index (κ1) is 11.5. The van der Waals surface area contributed by atoms with E-state index in [2.05, 4.69) is 23.9 Å². The molecule has 0 aromatic carbocycles. The SMILES string of the molecule is CC1CN(C)CCCN1C(=O)c1cscn1. The van der Waals surface area contributed by atoms with Crippen LogP contribution in [0.5, 0.6) is 0 Å². The van der Waals surface area contributed by atoms with Crippen molar-refractivity contribution in [2.75, 3.05) is 26.7 Å². The van der Waals surface area contributed by atoms with Gasteiger partial charge in [-0.05, 0) is 26.9 Å². The highest BCUT2D eigenvalue weighted by molar-refractivity contribution is 7.07. The van der Waals surface area contributed by atoms with Gasteiger partial charge in [-0.2, -0.15) is 0 Å². The van der Waals surface area contributed by atoms with E-state index in [1.807, 2.05) is 10.3 Å². The second kappa shape index (κ2) is 4.93. The molecule has 1 fully saturated rings. The first-order valence-electron chi connectivity index (χ1n) is 5.56. The molecular weight excluding hydrogens is 222 g/mol. The van der Waals surface area contributed by atoms with E-state index < -0.39 is 0 Å². The van der Waals surface area contributed by atoms with E-state index in [4.69, 9.17) is 0 Å². The van der Waals surface area contributed by atoms with Crippen molar-refractivity contribution in [3.8, 4) is 0 Å². The van der Waals surface area contributed by atoms with E-state index in [1.165, 1.54) is 11.3 Å². The maximum absolute atomic E-state index is 12.2. The second-order valence-electron chi connectivity index (χ2n) is 4.34. The fourth-order valence-electron chi connectivity index (χ4n) is 2.14. The Bertz CT molecular complexity index is 352. The first-order valence-corrected chi connectivity index (χ1v) is 6.50. The third kappa shape index (κ3) is 2.41. The minimum Gasteiger partial charge on any atom is -0.333 e. The Morgan fingerprint density at radius 2 is 2.38 bits per heavy atom. The Labute approximate surface area is 99.9 Å². The molecular formula is C11H17N3OS. The van der Waals surface area contributed by atoms with Crippen LogP contribution in [0.2, 0.25) is 0 Å². The molecule has 1 saturated heterocycles. The van der Waals surface area contributed by atoms with Crippen LogP contribution in [0.4, 0.5) is 0 Å². The van der Waals surface area contributed by atoms with Gasteiger partial charge in [0.05, 0.1) is 5.51 Å². The van der Waals surface area contributed by atoms with Gasteiger partial charge in [-0.25, -0.2) is 4.98 Å². The molecule has 1 unspecified atom stereocenters. The van der Waals surface area contributed by atoms with Crippen molar-refractivity contribution in [2.45, 2.75) is 19.4 Å². The van der Waals surface area contributed by atoms with Crippen LogP contribution in [-0.4, -0.2) is 53.4 Å². The molecule has 1 amide bonds. The molecule has 0 saturated carbocycles. The lowest BCUT2D eigenvalue weighted by Crippen LogP contribution is -2.42. The highest BCUT2D eigenvalue weighted by atomic mass is 32.1. The number of likely N-dealkylation sites (N-methyl/N-ethyl adjacent to an activating group) is 1. The van der Waals surface area contributed by atoms with Gasteiger partial charge in [0.25, 0.3) is 5.91 Å². The standard InChI is InChI=1S/C11H17N3OS/c1-9-6-13(2)4-3-5-14(9)11(15)10-7-16-8-12-10/h7-9H,3-6H2,1-2H3. The fraction of sp³-hybridized carbons (Fsp3) is 0.636.